The molecule has 0 spiro atoms. The van der Waals surface area contributed by atoms with Crippen molar-refractivity contribution >= 4 is 12.6 Å². The summed E-state index contributed by atoms with van der Waals surface area (Å²) in [4.78, 5) is 10.1. The molecule has 0 amide bonds. The molecule has 0 bridgehead atoms. The van der Waals surface area contributed by atoms with Crippen molar-refractivity contribution in [3.8, 4) is 11.4 Å². The maximum absolute atomic E-state index is 4.69. The van der Waals surface area contributed by atoms with Crippen molar-refractivity contribution in [1.29, 1.82) is 0 Å². The monoisotopic (exact) mass is 370 g/mol. The number of aryl methyl sites for hydroxylation is 2. The molecule has 1 heterocycles. The van der Waals surface area contributed by atoms with Crippen molar-refractivity contribution in [1.82, 2.24) is 9.97 Å². The zero-order valence-electron chi connectivity index (χ0n) is 16.5. The highest BCUT2D eigenvalue weighted by atomic mass is 32.1. The fraction of sp³-hybridized carbons (Fsp3) is 0.565. The van der Waals surface area contributed by atoms with Crippen LogP contribution in [0.25, 0.3) is 11.4 Å². The van der Waals surface area contributed by atoms with Gasteiger partial charge in [0, 0.05) is 22.9 Å². The van der Waals surface area contributed by atoms with Crippen molar-refractivity contribution in [2.45, 2.75) is 89.4 Å². The number of nitrogens with zero attached hydrogens (tertiary/aromatic N) is 2. The van der Waals surface area contributed by atoms with Crippen LogP contribution in [0.2, 0.25) is 0 Å². The number of thiol groups is 1. The van der Waals surface area contributed by atoms with Crippen LogP contribution in [-0.2, 0) is 12.8 Å². The highest BCUT2D eigenvalue weighted by Gasteiger charge is 2.07. The van der Waals surface area contributed by atoms with Crippen LogP contribution < -0.4 is 0 Å². The van der Waals surface area contributed by atoms with Gasteiger partial charge in [-0.2, -0.15) is 0 Å². The van der Waals surface area contributed by atoms with E-state index in [2.05, 4.69) is 54.6 Å². The highest BCUT2D eigenvalue weighted by molar-refractivity contribution is 7.80. The van der Waals surface area contributed by atoms with Gasteiger partial charge < -0.3 is 0 Å². The van der Waals surface area contributed by atoms with Crippen molar-refractivity contribution in [2.24, 2.45) is 0 Å². The molecule has 1 aromatic heterocycles. The molecule has 0 fully saturated rings. The Morgan fingerprint density at radius 3 is 2.00 bits per heavy atom. The Morgan fingerprint density at radius 1 is 0.731 bits per heavy atom. The third-order valence-electron chi connectivity index (χ3n) is 4.90. The summed E-state index contributed by atoms with van der Waals surface area (Å²) in [5.74, 6) is 0.778. The van der Waals surface area contributed by atoms with Gasteiger partial charge in [-0.05, 0) is 48.9 Å². The van der Waals surface area contributed by atoms with Crippen LogP contribution in [-0.4, -0.2) is 9.97 Å². The molecule has 0 radical (unpaired) electrons. The summed E-state index contributed by atoms with van der Waals surface area (Å²) in [7, 11) is 0. The Balaban J connectivity index is 1.88. The van der Waals surface area contributed by atoms with E-state index in [1.807, 2.05) is 12.4 Å². The summed E-state index contributed by atoms with van der Waals surface area (Å²) >= 11 is 4.69. The summed E-state index contributed by atoms with van der Waals surface area (Å²) in [6.45, 7) is 4.49. The first-order valence-corrected chi connectivity index (χ1v) is 10.8. The first-order chi connectivity index (χ1) is 12.7. The van der Waals surface area contributed by atoms with E-state index in [1.165, 1.54) is 68.9 Å². The van der Waals surface area contributed by atoms with Crippen LogP contribution in [0.4, 0.5) is 0 Å². The minimum Gasteiger partial charge on any atom is -0.236 e. The summed E-state index contributed by atoms with van der Waals surface area (Å²) in [5.41, 5.74) is 3.62. The van der Waals surface area contributed by atoms with Crippen molar-refractivity contribution in [3.63, 3.8) is 0 Å². The largest absolute Gasteiger partial charge is 0.236 e. The maximum atomic E-state index is 4.69. The third-order valence-corrected chi connectivity index (χ3v) is 5.27. The number of benzene rings is 1. The van der Waals surface area contributed by atoms with Gasteiger partial charge in [0.1, 0.15) is 0 Å². The van der Waals surface area contributed by atoms with Crippen LogP contribution in [0.15, 0.2) is 35.5 Å². The maximum Gasteiger partial charge on any atom is 0.160 e. The molecule has 0 saturated heterocycles. The molecule has 0 aliphatic rings. The van der Waals surface area contributed by atoms with Gasteiger partial charge in [0.15, 0.2) is 5.82 Å². The van der Waals surface area contributed by atoms with E-state index >= 15 is 0 Å². The molecule has 3 heteroatoms. The lowest BCUT2D eigenvalue weighted by Gasteiger charge is -2.08. The second-order valence-electron chi connectivity index (χ2n) is 7.24. The predicted octanol–water partition coefficient (Wildman–Crippen LogP) is 7.07. The number of rotatable bonds is 12. The molecule has 0 atom stereocenters. The van der Waals surface area contributed by atoms with E-state index in [0.29, 0.717) is 0 Å². The lowest BCUT2D eigenvalue weighted by Crippen LogP contribution is -1.95. The topological polar surface area (TPSA) is 25.8 Å². The minimum absolute atomic E-state index is 0.778. The lowest BCUT2D eigenvalue weighted by molar-refractivity contribution is 0.607. The van der Waals surface area contributed by atoms with E-state index < -0.39 is 0 Å². The van der Waals surface area contributed by atoms with Gasteiger partial charge >= 0.3 is 0 Å². The van der Waals surface area contributed by atoms with Gasteiger partial charge in [0.2, 0.25) is 0 Å². The number of aromatic nitrogens is 2. The zero-order chi connectivity index (χ0) is 18.6. The molecule has 2 rings (SSSR count). The smallest absolute Gasteiger partial charge is 0.160 e. The molecule has 142 valence electrons. The van der Waals surface area contributed by atoms with Gasteiger partial charge in [-0.15, -0.1) is 12.6 Å². The zero-order valence-corrected chi connectivity index (χ0v) is 17.4. The standard InChI is InChI=1S/C23H34N2S/c1-3-5-7-8-9-11-12-19-14-15-21(22(26)16-19)23-24-17-20(18-25-23)13-10-6-4-2/h14-18,26H,3-13H2,1-2H3. The molecule has 0 saturated carbocycles. The van der Waals surface area contributed by atoms with E-state index in [-0.39, 0.29) is 0 Å². The Hall–Kier alpha value is -1.35. The molecule has 0 N–H and O–H groups in total. The predicted molar refractivity (Wildman–Crippen MR) is 115 cm³/mol. The number of hydrogen-bond acceptors (Lipinski definition) is 3. The number of unbranched alkanes of at least 4 members (excludes halogenated alkanes) is 7. The van der Waals surface area contributed by atoms with Crippen LogP contribution in [0.5, 0.6) is 0 Å². The molecular weight excluding hydrogens is 336 g/mol. The van der Waals surface area contributed by atoms with Crippen LogP contribution in [0.1, 0.15) is 82.8 Å². The summed E-state index contributed by atoms with van der Waals surface area (Å²) in [6.07, 6.45) is 17.9. The van der Waals surface area contributed by atoms with E-state index in [1.54, 1.807) is 0 Å². The quantitative estimate of drug-likeness (QED) is 0.319. The summed E-state index contributed by atoms with van der Waals surface area (Å²) < 4.78 is 0. The molecule has 2 aromatic rings. The van der Waals surface area contributed by atoms with Crippen molar-refractivity contribution in [3.05, 3.63) is 41.7 Å². The summed E-state index contributed by atoms with van der Waals surface area (Å²) in [6, 6.07) is 6.52. The fourth-order valence-electron chi connectivity index (χ4n) is 3.23. The molecule has 2 nitrogen and oxygen atoms in total. The van der Waals surface area contributed by atoms with Crippen LogP contribution in [0, 0.1) is 0 Å². The lowest BCUT2D eigenvalue weighted by atomic mass is 10.0. The van der Waals surface area contributed by atoms with Crippen molar-refractivity contribution in [2.75, 3.05) is 0 Å². The van der Waals surface area contributed by atoms with E-state index in [9.17, 15) is 0 Å². The second-order valence-corrected chi connectivity index (χ2v) is 7.72. The minimum atomic E-state index is 0.778. The van der Waals surface area contributed by atoms with Gasteiger partial charge in [0.25, 0.3) is 0 Å². The average Bonchev–Trinajstić information content (AvgIpc) is 2.66. The molecule has 0 aliphatic heterocycles. The Morgan fingerprint density at radius 2 is 1.31 bits per heavy atom. The van der Waals surface area contributed by atoms with Gasteiger partial charge in [-0.1, -0.05) is 64.9 Å². The number of hydrogen-bond donors (Lipinski definition) is 1. The van der Waals surface area contributed by atoms with Gasteiger partial charge in [0.05, 0.1) is 0 Å². The molecule has 0 aliphatic carbocycles. The fourth-order valence-corrected chi connectivity index (χ4v) is 3.57. The second kappa shape index (κ2) is 12.1. The van der Waals surface area contributed by atoms with Crippen LogP contribution in [0.3, 0.4) is 0 Å². The SMILES string of the molecule is CCCCCCCCc1ccc(-c2ncc(CCCCC)cn2)c(S)c1. The van der Waals surface area contributed by atoms with Gasteiger partial charge in [-0.3, -0.25) is 0 Å². The van der Waals surface area contributed by atoms with E-state index in [0.717, 1.165) is 29.1 Å². The Bertz CT molecular complexity index is 637. The molecule has 26 heavy (non-hydrogen) atoms. The Kier molecular flexibility index (Phi) is 9.76. The normalized spacial score (nSPS) is 11.0. The van der Waals surface area contributed by atoms with Gasteiger partial charge in [-0.25, -0.2) is 9.97 Å². The average molecular weight is 371 g/mol. The van der Waals surface area contributed by atoms with Crippen LogP contribution >= 0.6 is 12.6 Å². The summed E-state index contributed by atoms with van der Waals surface area (Å²) in [5, 5.41) is 0. The highest BCUT2D eigenvalue weighted by Crippen LogP contribution is 2.25. The molecule has 1 aromatic carbocycles. The third kappa shape index (κ3) is 7.11. The Labute approximate surface area is 165 Å². The van der Waals surface area contributed by atoms with Crippen molar-refractivity contribution < 1.29 is 0 Å². The first kappa shape index (κ1) is 21.0. The molecular formula is C23H34N2S. The van der Waals surface area contributed by atoms with E-state index in [4.69, 9.17) is 0 Å². The molecule has 0 unspecified atom stereocenters. The first-order valence-electron chi connectivity index (χ1n) is 10.4.